The van der Waals surface area contributed by atoms with Gasteiger partial charge in [0.1, 0.15) is 0 Å². The molecule has 1 unspecified atom stereocenters. The fraction of sp³-hybridized carbons (Fsp3) is 0.947. The third-order valence-electron chi connectivity index (χ3n) is 8.28. The van der Waals surface area contributed by atoms with Gasteiger partial charge in [-0.2, -0.15) is 0 Å². The first-order valence-corrected chi connectivity index (χ1v) is 9.21. The minimum Gasteiger partial charge on any atom is -0.313 e. The summed E-state index contributed by atoms with van der Waals surface area (Å²) in [6.45, 7) is 2.65. The van der Waals surface area contributed by atoms with Gasteiger partial charge in [-0.25, -0.2) is 0 Å². The van der Waals surface area contributed by atoms with Crippen LogP contribution in [-0.4, -0.2) is 6.21 Å². The number of hydrogen-bond donors (Lipinski definition) is 1. The van der Waals surface area contributed by atoms with Gasteiger partial charge in [-0.15, -0.1) is 0 Å². The summed E-state index contributed by atoms with van der Waals surface area (Å²) in [5.41, 5.74) is 0.997. The van der Waals surface area contributed by atoms with E-state index in [1.54, 1.807) is 0 Å². The lowest BCUT2D eigenvalue weighted by atomic mass is 9.45. The van der Waals surface area contributed by atoms with Crippen LogP contribution in [0.1, 0.15) is 77.6 Å². The monoisotopic (exact) mass is 273 g/mol. The van der Waals surface area contributed by atoms with E-state index in [1.165, 1.54) is 70.6 Å². The van der Waals surface area contributed by atoms with Gasteiger partial charge in [-0.05, 0) is 80.5 Å². The molecule has 0 spiro atoms. The topological polar surface area (TPSA) is 23.9 Å². The fourth-order valence-electron chi connectivity index (χ4n) is 7.25. The Bertz CT molecular complexity index is 403. The molecule has 112 valence electrons. The molecule has 0 amide bonds. The minimum absolute atomic E-state index is 0.332. The molecule has 4 aliphatic rings. The summed E-state index contributed by atoms with van der Waals surface area (Å²) in [6.07, 6.45) is 17.8. The molecule has 4 saturated carbocycles. The maximum atomic E-state index is 8.03. The molecule has 1 N–H and O–H groups in total. The van der Waals surface area contributed by atoms with Crippen molar-refractivity contribution in [1.82, 2.24) is 0 Å². The first-order chi connectivity index (χ1) is 9.70. The van der Waals surface area contributed by atoms with Crippen molar-refractivity contribution in [2.24, 2.45) is 34.5 Å². The van der Waals surface area contributed by atoms with E-state index in [1.807, 2.05) is 6.21 Å². The fourth-order valence-corrected chi connectivity index (χ4v) is 7.25. The first-order valence-electron chi connectivity index (χ1n) is 9.21. The van der Waals surface area contributed by atoms with Gasteiger partial charge >= 0.3 is 0 Å². The molecule has 20 heavy (non-hydrogen) atoms. The van der Waals surface area contributed by atoms with Gasteiger partial charge in [-0.1, -0.05) is 26.2 Å². The lowest BCUT2D eigenvalue weighted by Crippen LogP contribution is -2.52. The Morgan fingerprint density at radius 3 is 2.60 bits per heavy atom. The molecule has 0 aromatic carbocycles. The third kappa shape index (κ3) is 1.64. The molecule has 0 aromatic heterocycles. The third-order valence-corrected chi connectivity index (χ3v) is 8.28. The number of rotatable bonds is 1. The number of nitrogens with one attached hydrogen (secondary N) is 1. The normalized spacial score (nSPS) is 54.6. The lowest BCUT2D eigenvalue weighted by Gasteiger charge is -2.59. The summed E-state index contributed by atoms with van der Waals surface area (Å²) in [5, 5.41) is 8.03. The SMILES string of the molecule is C[C@]12CCCCC1CC[C@H]1[C@@H]3CCC[C@@]3(C=N)CC[C@@H]12. The molecule has 1 heteroatoms. The second kappa shape index (κ2) is 4.58. The van der Waals surface area contributed by atoms with Crippen molar-refractivity contribution in [2.45, 2.75) is 77.6 Å². The van der Waals surface area contributed by atoms with E-state index in [9.17, 15) is 0 Å². The van der Waals surface area contributed by atoms with Crippen molar-refractivity contribution in [2.75, 3.05) is 0 Å². The average molecular weight is 273 g/mol. The van der Waals surface area contributed by atoms with Crippen molar-refractivity contribution in [3.05, 3.63) is 0 Å². The smallest absolute Gasteiger partial charge is 0.00806 e. The number of fused-ring (bicyclic) bond motifs is 5. The molecule has 0 heterocycles. The van der Waals surface area contributed by atoms with E-state index < -0.39 is 0 Å². The van der Waals surface area contributed by atoms with Crippen LogP contribution in [0.3, 0.4) is 0 Å². The standard InChI is InChI=1S/C19H31N/c1-18-10-3-2-5-14(18)7-8-15-16(18)9-12-19(13-20)11-4-6-17(15)19/h13-17,20H,2-12H2,1H3/t14?,15-,16+,17+,18+,19+/m1/s1. The highest BCUT2D eigenvalue weighted by Crippen LogP contribution is 2.65. The Labute approximate surface area is 124 Å². The van der Waals surface area contributed by atoms with Gasteiger partial charge in [0.2, 0.25) is 0 Å². The Hall–Kier alpha value is -0.330. The summed E-state index contributed by atoms with van der Waals surface area (Å²) in [5.74, 6) is 3.87. The molecule has 4 aliphatic carbocycles. The minimum atomic E-state index is 0.332. The quantitative estimate of drug-likeness (QED) is 0.615. The van der Waals surface area contributed by atoms with E-state index in [-0.39, 0.29) is 0 Å². The first kappa shape index (κ1) is 13.3. The van der Waals surface area contributed by atoms with Crippen LogP contribution >= 0.6 is 0 Å². The van der Waals surface area contributed by atoms with Gasteiger partial charge in [0.15, 0.2) is 0 Å². The van der Waals surface area contributed by atoms with Gasteiger partial charge in [0, 0.05) is 11.6 Å². The molecular weight excluding hydrogens is 242 g/mol. The zero-order chi connectivity index (χ0) is 13.8. The van der Waals surface area contributed by atoms with Crippen LogP contribution < -0.4 is 0 Å². The van der Waals surface area contributed by atoms with E-state index in [0.717, 1.165) is 23.7 Å². The van der Waals surface area contributed by atoms with Gasteiger partial charge in [0.25, 0.3) is 0 Å². The summed E-state index contributed by atoms with van der Waals surface area (Å²) >= 11 is 0. The highest BCUT2D eigenvalue weighted by atomic mass is 14.6. The van der Waals surface area contributed by atoms with Crippen molar-refractivity contribution in [3.63, 3.8) is 0 Å². The molecule has 4 rings (SSSR count). The van der Waals surface area contributed by atoms with E-state index in [2.05, 4.69) is 6.92 Å². The summed E-state index contributed by atoms with van der Waals surface area (Å²) in [6, 6.07) is 0. The second-order valence-corrected chi connectivity index (χ2v) is 8.71. The largest absolute Gasteiger partial charge is 0.313 e. The molecule has 0 radical (unpaired) electrons. The van der Waals surface area contributed by atoms with E-state index >= 15 is 0 Å². The Morgan fingerprint density at radius 1 is 0.850 bits per heavy atom. The van der Waals surface area contributed by atoms with Crippen molar-refractivity contribution in [1.29, 1.82) is 5.41 Å². The Kier molecular flexibility index (Phi) is 3.06. The maximum Gasteiger partial charge on any atom is 0.00806 e. The molecule has 1 nitrogen and oxygen atoms in total. The zero-order valence-electron chi connectivity index (χ0n) is 13.2. The molecule has 0 aliphatic heterocycles. The predicted molar refractivity (Wildman–Crippen MR) is 84.1 cm³/mol. The summed E-state index contributed by atoms with van der Waals surface area (Å²) < 4.78 is 0. The van der Waals surface area contributed by atoms with E-state index in [4.69, 9.17) is 5.41 Å². The van der Waals surface area contributed by atoms with Crippen LogP contribution in [0.25, 0.3) is 0 Å². The van der Waals surface area contributed by atoms with Crippen LogP contribution in [0.5, 0.6) is 0 Å². The van der Waals surface area contributed by atoms with Gasteiger partial charge < -0.3 is 5.41 Å². The van der Waals surface area contributed by atoms with Crippen LogP contribution in [0.15, 0.2) is 0 Å². The van der Waals surface area contributed by atoms with Crippen molar-refractivity contribution < 1.29 is 0 Å². The highest BCUT2D eigenvalue weighted by Gasteiger charge is 2.57. The average Bonchev–Trinajstić information content (AvgIpc) is 2.91. The molecule has 4 fully saturated rings. The summed E-state index contributed by atoms with van der Waals surface area (Å²) in [4.78, 5) is 0. The molecular formula is C19H31N. The summed E-state index contributed by atoms with van der Waals surface area (Å²) in [7, 11) is 0. The lowest BCUT2D eigenvalue weighted by molar-refractivity contribution is -0.0922. The molecule has 0 saturated heterocycles. The van der Waals surface area contributed by atoms with Crippen LogP contribution in [-0.2, 0) is 0 Å². The van der Waals surface area contributed by atoms with Crippen LogP contribution in [0.4, 0.5) is 0 Å². The van der Waals surface area contributed by atoms with Gasteiger partial charge in [0.05, 0.1) is 0 Å². The van der Waals surface area contributed by atoms with Crippen molar-refractivity contribution in [3.8, 4) is 0 Å². The maximum absolute atomic E-state index is 8.03. The van der Waals surface area contributed by atoms with Gasteiger partial charge in [-0.3, -0.25) is 0 Å². The predicted octanol–water partition coefficient (Wildman–Crippen LogP) is 5.44. The second-order valence-electron chi connectivity index (χ2n) is 8.71. The zero-order valence-corrected chi connectivity index (χ0v) is 13.2. The molecule has 0 aromatic rings. The molecule has 0 bridgehead atoms. The van der Waals surface area contributed by atoms with Crippen LogP contribution in [0, 0.1) is 39.9 Å². The van der Waals surface area contributed by atoms with Crippen LogP contribution in [0.2, 0.25) is 0 Å². The van der Waals surface area contributed by atoms with E-state index in [0.29, 0.717) is 10.8 Å². The Balaban J connectivity index is 1.65. The number of hydrogen-bond acceptors (Lipinski definition) is 1. The highest BCUT2D eigenvalue weighted by molar-refractivity contribution is 5.64. The Morgan fingerprint density at radius 2 is 1.75 bits per heavy atom. The van der Waals surface area contributed by atoms with Crippen molar-refractivity contribution >= 4 is 6.21 Å². The molecule has 6 atom stereocenters.